The van der Waals surface area contributed by atoms with Gasteiger partial charge in [0.25, 0.3) is 5.91 Å². The molecular formula is C29H27FN4O2. The largest absolute Gasteiger partial charge is 0.497 e. The van der Waals surface area contributed by atoms with Crippen LogP contribution in [-0.2, 0) is 0 Å². The van der Waals surface area contributed by atoms with Crippen LogP contribution in [0.1, 0.15) is 28.4 Å². The molecule has 3 aromatic carbocycles. The Labute approximate surface area is 209 Å². The lowest BCUT2D eigenvalue weighted by Crippen LogP contribution is -2.37. The number of hydrogen-bond donors (Lipinski definition) is 1. The van der Waals surface area contributed by atoms with Gasteiger partial charge in [-0.25, -0.2) is 4.39 Å². The van der Waals surface area contributed by atoms with Gasteiger partial charge in [-0.15, -0.1) is 0 Å². The van der Waals surface area contributed by atoms with Crippen molar-refractivity contribution in [3.63, 3.8) is 0 Å². The second-order valence-electron chi connectivity index (χ2n) is 9.02. The molecule has 0 aliphatic rings. The quantitative estimate of drug-likeness (QED) is 0.402. The fraction of sp³-hybridized carbons (Fsp3) is 0.207. The number of nitrogens with zero attached hydrogens (tertiary/aromatic N) is 3. The van der Waals surface area contributed by atoms with Crippen LogP contribution in [0.4, 0.5) is 4.39 Å². The number of methoxy groups -OCH3 is 1. The van der Waals surface area contributed by atoms with Crippen LogP contribution in [-0.4, -0.2) is 42.5 Å². The number of fused-ring (bicyclic) bond motifs is 1. The van der Waals surface area contributed by atoms with E-state index in [1.54, 1.807) is 44.3 Å². The van der Waals surface area contributed by atoms with E-state index in [4.69, 9.17) is 10.5 Å². The minimum Gasteiger partial charge on any atom is -0.497 e. The third kappa shape index (κ3) is 5.04. The summed E-state index contributed by atoms with van der Waals surface area (Å²) in [6.07, 6.45) is 1.61. The van der Waals surface area contributed by atoms with Crippen molar-refractivity contribution < 1.29 is 13.9 Å². The number of ether oxygens (including phenoxy) is 1. The van der Waals surface area contributed by atoms with E-state index in [1.165, 1.54) is 12.1 Å². The first kappa shape index (κ1) is 24.8. The minimum absolute atomic E-state index is 0.219. The SMILES string of the molecule is COc1cc(C#N)cc(-c2ccc3ncc(-c4cc(C)cc(F)c4)c(C(=O)N(C)C[C@H](C)N)c3c2)c1. The average Bonchev–Trinajstić information content (AvgIpc) is 2.85. The van der Waals surface area contributed by atoms with E-state index in [0.29, 0.717) is 45.5 Å². The molecule has 0 unspecified atom stereocenters. The molecule has 4 rings (SSSR count). The molecule has 0 saturated heterocycles. The number of likely N-dealkylation sites (N-methyl/N-ethyl adjacent to an activating group) is 1. The molecule has 0 bridgehead atoms. The fourth-order valence-corrected chi connectivity index (χ4v) is 4.37. The van der Waals surface area contributed by atoms with Crippen LogP contribution in [0.15, 0.2) is 60.8 Å². The Balaban J connectivity index is 2.00. The van der Waals surface area contributed by atoms with Gasteiger partial charge in [0.05, 0.1) is 29.8 Å². The van der Waals surface area contributed by atoms with E-state index in [9.17, 15) is 14.4 Å². The van der Waals surface area contributed by atoms with E-state index in [0.717, 1.165) is 16.7 Å². The number of hydrogen-bond acceptors (Lipinski definition) is 5. The predicted octanol–water partition coefficient (Wildman–Crippen LogP) is 5.32. The monoisotopic (exact) mass is 482 g/mol. The maximum absolute atomic E-state index is 14.3. The molecular weight excluding hydrogens is 455 g/mol. The average molecular weight is 483 g/mol. The van der Waals surface area contributed by atoms with E-state index in [2.05, 4.69) is 11.1 Å². The number of benzene rings is 3. The van der Waals surface area contributed by atoms with Gasteiger partial charge >= 0.3 is 0 Å². The van der Waals surface area contributed by atoms with Gasteiger partial charge in [-0.3, -0.25) is 9.78 Å². The third-order valence-electron chi connectivity index (χ3n) is 5.95. The number of rotatable bonds is 6. The highest BCUT2D eigenvalue weighted by atomic mass is 19.1. The lowest BCUT2D eigenvalue weighted by molar-refractivity contribution is 0.0791. The maximum atomic E-state index is 14.3. The van der Waals surface area contributed by atoms with Crippen LogP contribution in [0.25, 0.3) is 33.2 Å². The highest BCUT2D eigenvalue weighted by Crippen LogP contribution is 2.34. The van der Waals surface area contributed by atoms with Crippen molar-refractivity contribution in [3.05, 3.63) is 83.3 Å². The molecule has 6 nitrogen and oxygen atoms in total. The Kier molecular flexibility index (Phi) is 7.00. The summed E-state index contributed by atoms with van der Waals surface area (Å²) >= 11 is 0. The van der Waals surface area contributed by atoms with Crippen molar-refractivity contribution in [2.24, 2.45) is 5.73 Å². The normalized spacial score (nSPS) is 11.7. The molecule has 7 heteroatoms. The fourth-order valence-electron chi connectivity index (χ4n) is 4.37. The molecule has 0 aliphatic heterocycles. The van der Waals surface area contributed by atoms with Crippen molar-refractivity contribution in [2.45, 2.75) is 19.9 Å². The van der Waals surface area contributed by atoms with E-state index < -0.39 is 0 Å². The van der Waals surface area contributed by atoms with Gasteiger partial charge in [0, 0.05) is 36.8 Å². The first-order chi connectivity index (χ1) is 17.2. The number of nitrogens with two attached hydrogens (primary N) is 1. The molecule has 182 valence electrons. The molecule has 0 radical (unpaired) electrons. The van der Waals surface area contributed by atoms with Gasteiger partial charge in [0.15, 0.2) is 0 Å². The summed E-state index contributed by atoms with van der Waals surface area (Å²) in [6, 6.07) is 17.5. The molecule has 1 atom stereocenters. The van der Waals surface area contributed by atoms with Gasteiger partial charge in [-0.1, -0.05) is 12.1 Å². The summed E-state index contributed by atoms with van der Waals surface area (Å²) < 4.78 is 19.7. The van der Waals surface area contributed by atoms with Crippen LogP contribution < -0.4 is 10.5 Å². The van der Waals surface area contributed by atoms with Crippen LogP contribution >= 0.6 is 0 Å². The van der Waals surface area contributed by atoms with E-state index in [1.807, 2.05) is 37.3 Å². The van der Waals surface area contributed by atoms with Crippen LogP contribution in [0.2, 0.25) is 0 Å². The first-order valence-corrected chi connectivity index (χ1v) is 11.5. The number of aryl methyl sites for hydroxylation is 1. The summed E-state index contributed by atoms with van der Waals surface area (Å²) in [5, 5.41) is 10.1. The summed E-state index contributed by atoms with van der Waals surface area (Å²) in [7, 11) is 3.24. The van der Waals surface area contributed by atoms with Crippen molar-refractivity contribution in [1.82, 2.24) is 9.88 Å². The molecule has 0 spiro atoms. The van der Waals surface area contributed by atoms with Gasteiger partial charge in [-0.2, -0.15) is 5.26 Å². The van der Waals surface area contributed by atoms with Gasteiger partial charge in [-0.05, 0) is 78.6 Å². The first-order valence-electron chi connectivity index (χ1n) is 11.5. The lowest BCUT2D eigenvalue weighted by atomic mass is 9.93. The molecule has 1 heterocycles. The Bertz CT molecular complexity index is 1490. The minimum atomic E-state index is -0.387. The number of carbonyl (C=O) groups is 1. The second-order valence-corrected chi connectivity index (χ2v) is 9.02. The van der Waals surface area contributed by atoms with Gasteiger partial charge in [0.2, 0.25) is 0 Å². The van der Waals surface area contributed by atoms with Crippen LogP contribution in [0.5, 0.6) is 5.75 Å². The van der Waals surface area contributed by atoms with Crippen molar-refractivity contribution in [2.75, 3.05) is 20.7 Å². The standard InChI is InChI=1S/C29H27FN4O2/c1-17-7-22(11-23(30)8-17)26-15-33-27-6-5-20(21-9-19(14-31)10-24(12-21)36-4)13-25(27)28(26)29(35)34(3)16-18(2)32/h5-13,15,18H,16,32H2,1-4H3/t18-/m0/s1. The summed E-state index contributed by atoms with van der Waals surface area (Å²) in [5.74, 6) is -0.0714. The van der Waals surface area contributed by atoms with E-state index in [-0.39, 0.29) is 17.8 Å². The molecule has 1 aromatic heterocycles. The van der Waals surface area contributed by atoms with Crippen molar-refractivity contribution >= 4 is 16.8 Å². The van der Waals surface area contributed by atoms with Gasteiger partial charge in [0.1, 0.15) is 11.6 Å². The summed E-state index contributed by atoms with van der Waals surface area (Å²) in [4.78, 5) is 20.0. The predicted molar refractivity (Wildman–Crippen MR) is 139 cm³/mol. The summed E-state index contributed by atoms with van der Waals surface area (Å²) in [5.41, 5.74) is 10.9. The van der Waals surface area contributed by atoms with Gasteiger partial charge < -0.3 is 15.4 Å². The zero-order chi connectivity index (χ0) is 26.0. The number of pyridine rings is 1. The number of amides is 1. The summed E-state index contributed by atoms with van der Waals surface area (Å²) in [6.45, 7) is 3.99. The Morgan fingerprint density at radius 1 is 1.14 bits per heavy atom. The molecule has 0 fully saturated rings. The van der Waals surface area contributed by atoms with E-state index >= 15 is 0 Å². The maximum Gasteiger partial charge on any atom is 0.255 e. The molecule has 0 saturated carbocycles. The zero-order valence-electron chi connectivity index (χ0n) is 20.7. The zero-order valence-corrected chi connectivity index (χ0v) is 20.7. The lowest BCUT2D eigenvalue weighted by Gasteiger charge is -2.22. The Morgan fingerprint density at radius 2 is 1.92 bits per heavy atom. The molecule has 36 heavy (non-hydrogen) atoms. The second kappa shape index (κ2) is 10.1. The number of halogens is 1. The smallest absolute Gasteiger partial charge is 0.255 e. The topological polar surface area (TPSA) is 92.2 Å². The molecule has 1 amide bonds. The van der Waals surface area contributed by atoms with Crippen molar-refractivity contribution in [3.8, 4) is 34.1 Å². The highest BCUT2D eigenvalue weighted by molar-refractivity contribution is 6.12. The van der Waals surface area contributed by atoms with Crippen LogP contribution in [0, 0.1) is 24.1 Å². The number of nitriles is 1. The Hall–Kier alpha value is -4.28. The molecule has 0 aliphatic carbocycles. The number of aromatic nitrogens is 1. The van der Waals surface area contributed by atoms with Crippen LogP contribution in [0.3, 0.4) is 0 Å². The highest BCUT2D eigenvalue weighted by Gasteiger charge is 2.22. The molecule has 2 N–H and O–H groups in total. The number of carbonyl (C=O) groups excluding carboxylic acids is 1. The Morgan fingerprint density at radius 3 is 2.58 bits per heavy atom. The molecule has 4 aromatic rings. The third-order valence-corrected chi connectivity index (χ3v) is 5.95. The van der Waals surface area contributed by atoms with Crippen molar-refractivity contribution in [1.29, 1.82) is 5.26 Å².